The number of hydrogen-bond donors (Lipinski definition) is 3. The predicted molar refractivity (Wildman–Crippen MR) is 136 cm³/mol. The van der Waals surface area contributed by atoms with Gasteiger partial charge in [0.2, 0.25) is 0 Å². The zero-order valence-corrected chi connectivity index (χ0v) is 20.8. The smallest absolute Gasteiger partial charge is 0.338 e. The van der Waals surface area contributed by atoms with Gasteiger partial charge in [-0.25, -0.2) is 10.2 Å². The van der Waals surface area contributed by atoms with E-state index >= 15 is 0 Å². The van der Waals surface area contributed by atoms with E-state index in [4.69, 9.17) is 26.4 Å². The Morgan fingerprint density at radius 3 is 2.66 bits per heavy atom. The molecule has 2 aromatic carbocycles. The van der Waals surface area contributed by atoms with Crippen LogP contribution in [0.4, 0.5) is 0 Å². The summed E-state index contributed by atoms with van der Waals surface area (Å²) in [4.78, 5) is 25.0. The van der Waals surface area contributed by atoms with Gasteiger partial charge in [0.05, 0.1) is 31.5 Å². The van der Waals surface area contributed by atoms with E-state index in [9.17, 15) is 9.59 Å². The molecule has 0 bridgehead atoms. The second-order valence-corrected chi connectivity index (χ2v) is 8.05. The number of carbonyl (C=O) groups excluding carboxylic acids is 2. The summed E-state index contributed by atoms with van der Waals surface area (Å²) in [7, 11) is 1.61. The van der Waals surface area contributed by atoms with Gasteiger partial charge in [-0.05, 0) is 68.4 Å². The zero-order chi connectivity index (χ0) is 25.4. The first-order valence-electron chi connectivity index (χ1n) is 11.0. The minimum atomic E-state index is -0.599. The van der Waals surface area contributed by atoms with Crippen molar-refractivity contribution < 1.29 is 23.8 Å². The summed E-state index contributed by atoms with van der Waals surface area (Å²) in [5, 5.41) is 10.4. The Morgan fingerprint density at radius 2 is 1.94 bits per heavy atom. The minimum Gasteiger partial charge on any atom is -0.496 e. The van der Waals surface area contributed by atoms with Gasteiger partial charge >= 0.3 is 5.97 Å². The molecule has 9 nitrogen and oxygen atoms in total. The van der Waals surface area contributed by atoms with Crippen LogP contribution in [-0.4, -0.2) is 43.5 Å². The second-order valence-electron chi connectivity index (χ2n) is 7.64. The van der Waals surface area contributed by atoms with Gasteiger partial charge in [-0.1, -0.05) is 18.2 Å². The largest absolute Gasteiger partial charge is 0.496 e. The van der Waals surface area contributed by atoms with Gasteiger partial charge in [0.15, 0.2) is 11.7 Å². The molecule has 3 N–H and O–H groups in total. The maximum Gasteiger partial charge on any atom is 0.338 e. The van der Waals surface area contributed by atoms with Crippen LogP contribution in [0.1, 0.15) is 36.6 Å². The Labute approximate surface area is 209 Å². The Kier molecular flexibility index (Phi) is 8.80. The molecule has 1 aliphatic heterocycles. The molecule has 35 heavy (non-hydrogen) atoms. The number of ether oxygens (including phenoxy) is 3. The third-order valence-corrected chi connectivity index (χ3v) is 5.39. The van der Waals surface area contributed by atoms with Crippen LogP contribution in [0.2, 0.25) is 0 Å². The molecule has 1 heterocycles. The molecular weight excluding hydrogens is 468 g/mol. The summed E-state index contributed by atoms with van der Waals surface area (Å²) in [5.41, 5.74) is 5.85. The van der Waals surface area contributed by atoms with E-state index in [-0.39, 0.29) is 13.2 Å². The molecule has 0 aromatic heterocycles. The van der Waals surface area contributed by atoms with E-state index in [1.165, 1.54) is 6.21 Å². The molecule has 0 fully saturated rings. The molecule has 0 saturated heterocycles. The van der Waals surface area contributed by atoms with Crippen molar-refractivity contribution in [3.8, 4) is 11.5 Å². The number of para-hydroxylation sites is 1. The SMILES string of the molecule is CCOC(=O)C1=C(C)NC(=S)N[C@H]1c1ccccc1OCC(=O)NN=Cc1ccc(OC)c(C)c1. The van der Waals surface area contributed by atoms with Gasteiger partial charge in [-0.3, -0.25) is 4.79 Å². The minimum absolute atomic E-state index is 0.238. The molecule has 10 heteroatoms. The highest BCUT2D eigenvalue weighted by molar-refractivity contribution is 7.80. The molecule has 0 unspecified atom stereocenters. The van der Waals surface area contributed by atoms with Crippen LogP contribution in [0, 0.1) is 6.92 Å². The quantitative estimate of drug-likeness (QED) is 0.210. The highest BCUT2D eigenvalue weighted by atomic mass is 32.1. The van der Waals surface area contributed by atoms with E-state index in [0.717, 1.165) is 16.9 Å². The van der Waals surface area contributed by atoms with Gasteiger partial charge < -0.3 is 24.8 Å². The van der Waals surface area contributed by atoms with Crippen molar-refractivity contribution >= 4 is 35.4 Å². The molecule has 3 rings (SSSR count). The first-order valence-corrected chi connectivity index (χ1v) is 11.4. The monoisotopic (exact) mass is 496 g/mol. The molecule has 2 aromatic rings. The Bertz CT molecular complexity index is 1180. The van der Waals surface area contributed by atoms with Gasteiger partial charge in [-0.2, -0.15) is 5.10 Å². The number of benzene rings is 2. The molecule has 1 amide bonds. The molecule has 1 atom stereocenters. The number of carbonyl (C=O) groups is 2. The molecule has 1 aliphatic rings. The number of hydrazone groups is 1. The summed E-state index contributed by atoms with van der Waals surface area (Å²) in [6.45, 7) is 5.38. The third kappa shape index (κ3) is 6.57. The zero-order valence-electron chi connectivity index (χ0n) is 20.0. The Hall–Kier alpha value is -3.92. The molecule has 0 radical (unpaired) electrons. The van der Waals surface area contributed by atoms with Gasteiger partial charge in [0.25, 0.3) is 5.91 Å². The fraction of sp³-hybridized carbons (Fsp3) is 0.280. The number of hydrogen-bond acceptors (Lipinski definition) is 7. The van der Waals surface area contributed by atoms with Crippen LogP contribution in [-0.2, 0) is 14.3 Å². The fourth-order valence-electron chi connectivity index (χ4n) is 3.59. The summed E-state index contributed by atoms with van der Waals surface area (Å²) < 4.78 is 16.3. The molecule has 184 valence electrons. The van der Waals surface area contributed by atoms with E-state index in [1.807, 2.05) is 31.2 Å². The molecule has 0 saturated carbocycles. The number of nitrogens with zero attached hydrogens (tertiary/aromatic N) is 1. The lowest BCUT2D eigenvalue weighted by Crippen LogP contribution is -2.45. The lowest BCUT2D eigenvalue weighted by Gasteiger charge is -2.30. The van der Waals surface area contributed by atoms with E-state index in [0.29, 0.717) is 27.7 Å². The standard InChI is InChI=1S/C25H28N4O5S/c1-5-33-24(31)22-16(3)27-25(35)28-23(22)18-8-6-7-9-20(18)34-14-21(30)29-26-13-17-10-11-19(32-4)15(2)12-17/h6-13,23H,5,14H2,1-4H3,(H,29,30)(H2,27,28,35)/t23-/m0/s1. The number of amides is 1. The predicted octanol–water partition coefficient (Wildman–Crippen LogP) is 2.89. The number of methoxy groups -OCH3 is 1. The van der Waals surface area contributed by atoms with Crippen molar-refractivity contribution in [3.63, 3.8) is 0 Å². The van der Waals surface area contributed by atoms with Crippen molar-refractivity contribution in [1.29, 1.82) is 0 Å². The summed E-state index contributed by atoms with van der Waals surface area (Å²) in [6, 6.07) is 12.1. The van der Waals surface area contributed by atoms with Crippen LogP contribution in [0.5, 0.6) is 11.5 Å². The third-order valence-electron chi connectivity index (χ3n) is 5.18. The van der Waals surface area contributed by atoms with E-state index < -0.39 is 17.9 Å². The van der Waals surface area contributed by atoms with Crippen LogP contribution in [0.15, 0.2) is 58.8 Å². The average Bonchev–Trinajstić information content (AvgIpc) is 2.82. The second kappa shape index (κ2) is 12.0. The van der Waals surface area contributed by atoms with Crippen molar-refractivity contribution in [2.24, 2.45) is 5.10 Å². The number of esters is 1. The molecular formula is C25H28N4O5S. The highest BCUT2D eigenvalue weighted by Crippen LogP contribution is 2.33. The van der Waals surface area contributed by atoms with Crippen LogP contribution in [0.25, 0.3) is 0 Å². The lowest BCUT2D eigenvalue weighted by atomic mass is 9.95. The van der Waals surface area contributed by atoms with E-state index in [1.54, 1.807) is 39.2 Å². The van der Waals surface area contributed by atoms with Crippen LogP contribution in [0.3, 0.4) is 0 Å². The molecule has 0 aliphatic carbocycles. The fourth-order valence-corrected chi connectivity index (χ4v) is 3.86. The van der Waals surface area contributed by atoms with Crippen LogP contribution >= 0.6 is 12.2 Å². The number of thiocarbonyl (C=S) groups is 1. The molecule has 0 spiro atoms. The topological polar surface area (TPSA) is 110 Å². The normalized spacial score (nSPS) is 15.3. The highest BCUT2D eigenvalue weighted by Gasteiger charge is 2.32. The Morgan fingerprint density at radius 1 is 1.17 bits per heavy atom. The average molecular weight is 497 g/mol. The first-order chi connectivity index (χ1) is 16.8. The van der Waals surface area contributed by atoms with Gasteiger partial charge in [0.1, 0.15) is 11.5 Å². The van der Waals surface area contributed by atoms with Crippen molar-refractivity contribution in [3.05, 3.63) is 70.4 Å². The van der Waals surface area contributed by atoms with Crippen molar-refractivity contribution in [2.45, 2.75) is 26.8 Å². The maximum atomic E-state index is 12.6. The summed E-state index contributed by atoms with van der Waals surface area (Å²) in [5.74, 6) is 0.299. The lowest BCUT2D eigenvalue weighted by molar-refractivity contribution is -0.139. The van der Waals surface area contributed by atoms with E-state index in [2.05, 4.69) is 21.2 Å². The van der Waals surface area contributed by atoms with Crippen molar-refractivity contribution in [2.75, 3.05) is 20.3 Å². The number of aryl methyl sites for hydroxylation is 1. The summed E-state index contributed by atoms with van der Waals surface area (Å²) >= 11 is 5.29. The summed E-state index contributed by atoms with van der Waals surface area (Å²) in [6.07, 6.45) is 1.54. The first kappa shape index (κ1) is 25.7. The van der Waals surface area contributed by atoms with Gasteiger partial charge in [0, 0.05) is 11.3 Å². The number of nitrogens with one attached hydrogen (secondary N) is 3. The Balaban J connectivity index is 1.69. The van der Waals surface area contributed by atoms with Crippen molar-refractivity contribution in [1.82, 2.24) is 16.1 Å². The number of rotatable bonds is 9. The maximum absolute atomic E-state index is 12.6. The van der Waals surface area contributed by atoms with Gasteiger partial charge in [-0.15, -0.1) is 0 Å². The number of allylic oxidation sites excluding steroid dienone is 1. The van der Waals surface area contributed by atoms with Crippen LogP contribution < -0.4 is 25.5 Å².